The van der Waals surface area contributed by atoms with Crippen LogP contribution in [-0.4, -0.2) is 22.4 Å². The fourth-order valence-electron chi connectivity index (χ4n) is 2.48. The molecule has 1 aromatic carbocycles. The lowest BCUT2D eigenvalue weighted by Gasteiger charge is -2.35. The molecule has 0 aliphatic rings. The van der Waals surface area contributed by atoms with Gasteiger partial charge in [0.05, 0.1) is 5.54 Å². The monoisotopic (exact) mass is 332 g/mol. The summed E-state index contributed by atoms with van der Waals surface area (Å²) in [6, 6.07) is 7.51. The number of benzene rings is 1. The predicted octanol–water partition coefficient (Wildman–Crippen LogP) is 4.49. The highest BCUT2D eigenvalue weighted by Crippen LogP contribution is 2.15. The Balaban J connectivity index is 2.74. The number of hydrogen-bond donors (Lipinski definition) is 1. The maximum Gasteiger partial charge on any atom is 0.269 e. The van der Waals surface area contributed by atoms with Gasteiger partial charge in [-0.2, -0.15) is 0 Å². The van der Waals surface area contributed by atoms with Crippen molar-refractivity contribution in [3.05, 3.63) is 35.4 Å². The molecule has 0 saturated carbocycles. The topological polar surface area (TPSA) is 49.4 Å². The summed E-state index contributed by atoms with van der Waals surface area (Å²) in [5, 5.41) is 1.48. The second-order valence-corrected chi connectivity index (χ2v) is 7.20. The second kappa shape index (κ2) is 9.45. The van der Waals surface area contributed by atoms with Gasteiger partial charge in [-0.25, -0.2) is 5.01 Å². The van der Waals surface area contributed by atoms with Crippen molar-refractivity contribution in [1.82, 2.24) is 10.4 Å². The summed E-state index contributed by atoms with van der Waals surface area (Å²) in [4.78, 5) is 25.0. The number of rotatable bonds is 7. The predicted molar refractivity (Wildman–Crippen MR) is 98.6 cm³/mol. The minimum Gasteiger partial charge on any atom is -0.273 e. The summed E-state index contributed by atoms with van der Waals surface area (Å²) in [6.07, 6.45) is 5.59. The molecule has 1 aromatic rings. The van der Waals surface area contributed by atoms with E-state index in [1.165, 1.54) is 10.6 Å². The molecule has 4 nitrogen and oxygen atoms in total. The van der Waals surface area contributed by atoms with E-state index in [-0.39, 0.29) is 11.8 Å². The second-order valence-electron chi connectivity index (χ2n) is 7.20. The number of hydrogen-bond acceptors (Lipinski definition) is 2. The van der Waals surface area contributed by atoms with Gasteiger partial charge in [-0.3, -0.25) is 15.0 Å². The molecule has 0 spiro atoms. The quantitative estimate of drug-likeness (QED) is 0.591. The SMILES string of the molecule is CCCCCCC(=O)N(NC(=O)c1ccc(CC)cc1)C(C)(C)C. The van der Waals surface area contributed by atoms with Gasteiger partial charge in [0.1, 0.15) is 0 Å². The highest BCUT2D eigenvalue weighted by atomic mass is 16.2. The van der Waals surface area contributed by atoms with Gasteiger partial charge in [-0.15, -0.1) is 0 Å². The molecule has 0 aromatic heterocycles. The van der Waals surface area contributed by atoms with Crippen molar-refractivity contribution in [2.24, 2.45) is 0 Å². The number of carbonyl (C=O) groups excluding carboxylic acids is 2. The summed E-state index contributed by atoms with van der Waals surface area (Å²) < 4.78 is 0. The largest absolute Gasteiger partial charge is 0.273 e. The first-order valence-corrected chi connectivity index (χ1v) is 9.02. The summed E-state index contributed by atoms with van der Waals surface area (Å²) in [5.41, 5.74) is 4.09. The standard InChI is InChI=1S/C20H32N2O2/c1-6-8-9-10-11-18(23)22(20(3,4)5)21-19(24)17-14-12-16(7-2)13-15-17/h12-15H,6-11H2,1-5H3,(H,21,24). The molecule has 1 N–H and O–H groups in total. The number of nitrogens with zero attached hydrogens (tertiary/aromatic N) is 1. The van der Waals surface area contributed by atoms with Crippen molar-refractivity contribution in [3.8, 4) is 0 Å². The lowest BCUT2D eigenvalue weighted by molar-refractivity contribution is -0.139. The molecule has 0 aliphatic heterocycles. The first kappa shape index (κ1) is 20.2. The Kier molecular flexibility index (Phi) is 7.96. The number of unbranched alkanes of at least 4 members (excludes halogenated alkanes) is 3. The molecule has 1 rings (SSSR count). The molecule has 0 heterocycles. The van der Waals surface area contributed by atoms with E-state index in [2.05, 4.69) is 19.3 Å². The Morgan fingerprint density at radius 1 is 1.00 bits per heavy atom. The van der Waals surface area contributed by atoms with Crippen molar-refractivity contribution in [3.63, 3.8) is 0 Å². The lowest BCUT2D eigenvalue weighted by atomic mass is 10.1. The van der Waals surface area contributed by atoms with E-state index in [1.807, 2.05) is 32.9 Å². The van der Waals surface area contributed by atoms with Gasteiger partial charge < -0.3 is 0 Å². The van der Waals surface area contributed by atoms with Gasteiger partial charge in [0.25, 0.3) is 5.91 Å². The van der Waals surface area contributed by atoms with Gasteiger partial charge in [0.2, 0.25) is 5.91 Å². The van der Waals surface area contributed by atoms with E-state index in [4.69, 9.17) is 0 Å². The molecule has 0 fully saturated rings. The zero-order valence-electron chi connectivity index (χ0n) is 15.8. The van der Waals surface area contributed by atoms with Crippen LogP contribution in [0.5, 0.6) is 0 Å². The van der Waals surface area contributed by atoms with Crippen LogP contribution in [-0.2, 0) is 11.2 Å². The molecule has 0 aliphatic carbocycles. The van der Waals surface area contributed by atoms with Crippen LogP contribution in [0.15, 0.2) is 24.3 Å². The number of aryl methyl sites for hydroxylation is 1. The summed E-state index contributed by atoms with van der Waals surface area (Å²) >= 11 is 0. The van der Waals surface area contributed by atoms with E-state index >= 15 is 0 Å². The van der Waals surface area contributed by atoms with Crippen LogP contribution in [0.2, 0.25) is 0 Å². The number of amides is 2. The van der Waals surface area contributed by atoms with Crippen molar-refractivity contribution in [1.29, 1.82) is 0 Å². The van der Waals surface area contributed by atoms with Crippen LogP contribution in [0, 0.1) is 0 Å². The number of nitrogens with one attached hydrogen (secondary N) is 1. The third-order valence-electron chi connectivity index (χ3n) is 4.00. The van der Waals surface area contributed by atoms with Crippen molar-refractivity contribution in [2.75, 3.05) is 0 Å². The first-order chi connectivity index (χ1) is 11.3. The maximum atomic E-state index is 12.5. The molecule has 0 unspecified atom stereocenters. The molecule has 0 saturated heterocycles. The van der Waals surface area contributed by atoms with Gasteiger partial charge in [0.15, 0.2) is 0 Å². The minimum absolute atomic E-state index is 0.0304. The van der Waals surface area contributed by atoms with Crippen LogP contribution in [0.3, 0.4) is 0 Å². The molecule has 0 bridgehead atoms. The Morgan fingerprint density at radius 2 is 1.62 bits per heavy atom. The first-order valence-electron chi connectivity index (χ1n) is 9.02. The average Bonchev–Trinajstić information content (AvgIpc) is 2.55. The molecule has 4 heteroatoms. The average molecular weight is 332 g/mol. The van der Waals surface area contributed by atoms with Gasteiger partial charge in [-0.1, -0.05) is 45.2 Å². The summed E-state index contributed by atoms with van der Waals surface area (Å²) in [7, 11) is 0. The smallest absolute Gasteiger partial charge is 0.269 e. The fraction of sp³-hybridized carbons (Fsp3) is 0.600. The van der Waals surface area contributed by atoms with E-state index in [1.54, 1.807) is 12.1 Å². The highest BCUT2D eigenvalue weighted by molar-refractivity contribution is 5.95. The molecule has 24 heavy (non-hydrogen) atoms. The van der Waals surface area contributed by atoms with Crippen molar-refractivity contribution >= 4 is 11.8 Å². The molecule has 0 radical (unpaired) electrons. The Hall–Kier alpha value is -1.84. The zero-order chi connectivity index (χ0) is 18.2. The maximum absolute atomic E-state index is 12.5. The van der Waals surface area contributed by atoms with Crippen molar-refractivity contribution in [2.45, 2.75) is 78.7 Å². The fourth-order valence-corrected chi connectivity index (χ4v) is 2.48. The summed E-state index contributed by atoms with van der Waals surface area (Å²) in [5.74, 6) is -0.272. The van der Waals surface area contributed by atoms with Crippen LogP contribution < -0.4 is 5.43 Å². The Bertz CT molecular complexity index is 530. The van der Waals surface area contributed by atoms with E-state index in [9.17, 15) is 9.59 Å². The van der Waals surface area contributed by atoms with Crippen LogP contribution >= 0.6 is 0 Å². The minimum atomic E-state index is -0.457. The number of carbonyl (C=O) groups is 2. The Morgan fingerprint density at radius 3 is 2.12 bits per heavy atom. The van der Waals surface area contributed by atoms with E-state index in [0.717, 1.165) is 32.1 Å². The van der Waals surface area contributed by atoms with Gasteiger partial charge >= 0.3 is 0 Å². The van der Waals surface area contributed by atoms with Crippen LogP contribution in [0.1, 0.15) is 82.6 Å². The van der Waals surface area contributed by atoms with Crippen LogP contribution in [0.25, 0.3) is 0 Å². The Labute approximate surface area is 146 Å². The molecule has 2 amide bonds. The van der Waals surface area contributed by atoms with E-state index < -0.39 is 5.54 Å². The normalized spacial score (nSPS) is 11.2. The van der Waals surface area contributed by atoms with Crippen LogP contribution in [0.4, 0.5) is 0 Å². The third kappa shape index (κ3) is 6.34. The van der Waals surface area contributed by atoms with Gasteiger partial charge in [-0.05, 0) is 51.3 Å². The molecule has 134 valence electrons. The zero-order valence-corrected chi connectivity index (χ0v) is 15.8. The van der Waals surface area contributed by atoms with E-state index in [0.29, 0.717) is 12.0 Å². The molecular formula is C20H32N2O2. The van der Waals surface area contributed by atoms with Crippen molar-refractivity contribution < 1.29 is 9.59 Å². The third-order valence-corrected chi connectivity index (χ3v) is 4.00. The summed E-state index contributed by atoms with van der Waals surface area (Å²) in [6.45, 7) is 10.0. The molecular weight excluding hydrogens is 300 g/mol. The molecule has 0 atom stereocenters. The lowest BCUT2D eigenvalue weighted by Crippen LogP contribution is -2.55. The highest BCUT2D eigenvalue weighted by Gasteiger charge is 2.28. The van der Waals surface area contributed by atoms with Gasteiger partial charge in [0, 0.05) is 12.0 Å². The number of hydrazine groups is 1.